The summed E-state index contributed by atoms with van der Waals surface area (Å²) in [6.45, 7) is 0. The van der Waals surface area contributed by atoms with E-state index in [0.29, 0.717) is 19.3 Å². The summed E-state index contributed by atoms with van der Waals surface area (Å²) in [7, 11) is 0. The molecule has 1 N–H and O–H groups in total. The molecule has 1 aromatic rings. The first-order chi connectivity index (χ1) is 9.57. The fraction of sp³-hybridized carbons (Fsp3) is 0.533. The monoisotopic (exact) mass is 275 g/mol. The van der Waals surface area contributed by atoms with Crippen molar-refractivity contribution in [3.63, 3.8) is 0 Å². The van der Waals surface area contributed by atoms with Crippen LogP contribution in [0.5, 0.6) is 0 Å². The third-order valence-corrected chi connectivity index (χ3v) is 4.90. The zero-order valence-corrected chi connectivity index (χ0v) is 11.1. The van der Waals surface area contributed by atoms with E-state index in [2.05, 4.69) is 0 Å². The second-order valence-electron chi connectivity index (χ2n) is 5.81. The number of hydrogen-bond donors (Lipinski definition) is 1. The minimum Gasteiger partial charge on any atom is -0.385 e. The quantitative estimate of drug-likeness (QED) is 0.660. The Morgan fingerprint density at radius 1 is 1.25 bits per heavy atom. The lowest BCUT2D eigenvalue weighted by Crippen LogP contribution is -2.64. The number of aliphatic hydroxyl groups excluding tert-OH is 1. The summed E-state index contributed by atoms with van der Waals surface area (Å²) in [5.41, 5.74) is -0.766. The van der Waals surface area contributed by atoms with E-state index in [1.165, 1.54) is 0 Å². The average Bonchev–Trinajstić information content (AvgIpc) is 2.44. The topological polar surface area (TPSA) is 80.4 Å². The van der Waals surface area contributed by atoms with Crippen molar-refractivity contribution in [1.29, 1.82) is 0 Å². The molecule has 0 amide bonds. The summed E-state index contributed by atoms with van der Waals surface area (Å²) in [6.07, 6.45) is 0.574. The van der Waals surface area contributed by atoms with Crippen LogP contribution in [0.15, 0.2) is 30.3 Å². The van der Waals surface area contributed by atoms with Gasteiger partial charge in [-0.15, -0.1) is 0 Å². The maximum Gasteiger partial charge on any atom is 0.304 e. The first kappa shape index (κ1) is 13.2. The van der Waals surface area contributed by atoms with Crippen molar-refractivity contribution in [2.75, 3.05) is 0 Å². The molecule has 0 heterocycles. The van der Waals surface area contributed by atoms with E-state index in [1.807, 2.05) is 30.3 Å². The lowest BCUT2D eigenvalue weighted by atomic mass is 9.59. The summed E-state index contributed by atoms with van der Waals surface area (Å²) < 4.78 is 0. The first-order valence-corrected chi connectivity index (χ1v) is 6.99. The molecule has 20 heavy (non-hydrogen) atoms. The Labute approximate surface area is 116 Å². The van der Waals surface area contributed by atoms with Crippen LogP contribution in [0.4, 0.5) is 0 Å². The van der Waals surface area contributed by atoms with E-state index in [1.54, 1.807) is 0 Å². The molecule has 106 valence electrons. The summed E-state index contributed by atoms with van der Waals surface area (Å²) >= 11 is 0. The van der Waals surface area contributed by atoms with Gasteiger partial charge < -0.3 is 5.11 Å². The summed E-state index contributed by atoms with van der Waals surface area (Å²) in [5.74, 6) is -0.812. The van der Waals surface area contributed by atoms with Crippen LogP contribution in [-0.2, 0) is 4.79 Å². The fourth-order valence-corrected chi connectivity index (χ4v) is 3.85. The van der Waals surface area contributed by atoms with Crippen molar-refractivity contribution in [2.45, 2.75) is 43.2 Å². The molecule has 2 aliphatic carbocycles. The van der Waals surface area contributed by atoms with E-state index in [9.17, 15) is 20.0 Å². The predicted octanol–water partition coefficient (Wildman–Crippen LogP) is 1.92. The van der Waals surface area contributed by atoms with Crippen LogP contribution in [0.2, 0.25) is 0 Å². The van der Waals surface area contributed by atoms with Crippen molar-refractivity contribution in [3.8, 4) is 0 Å². The van der Waals surface area contributed by atoms with Crippen molar-refractivity contribution < 1.29 is 14.8 Å². The molecule has 2 fully saturated rings. The van der Waals surface area contributed by atoms with Gasteiger partial charge >= 0.3 is 5.54 Å². The number of fused-ring (bicyclic) bond motifs is 2. The minimum atomic E-state index is -1.76. The number of hydrogen-bond acceptors (Lipinski definition) is 4. The van der Waals surface area contributed by atoms with E-state index in [0.717, 1.165) is 5.56 Å². The van der Waals surface area contributed by atoms with Gasteiger partial charge in [-0.2, -0.15) is 0 Å². The number of nitro groups is 1. The molecule has 0 saturated heterocycles. The van der Waals surface area contributed by atoms with Crippen molar-refractivity contribution in [2.24, 2.45) is 5.92 Å². The zero-order chi connectivity index (χ0) is 14.3. The number of carbonyl (C=O) groups excluding carboxylic acids is 1. The van der Waals surface area contributed by atoms with Gasteiger partial charge in [-0.25, -0.2) is 0 Å². The number of rotatable bonds is 2. The zero-order valence-electron chi connectivity index (χ0n) is 11.1. The number of ketones is 1. The van der Waals surface area contributed by atoms with Crippen molar-refractivity contribution in [1.82, 2.24) is 0 Å². The second kappa shape index (κ2) is 4.66. The predicted molar refractivity (Wildman–Crippen MR) is 71.9 cm³/mol. The molecule has 0 radical (unpaired) electrons. The number of Topliss-reactive ketones (excluding diaryl/α,β-unsaturated/α-hetero) is 1. The first-order valence-electron chi connectivity index (χ1n) is 6.99. The lowest BCUT2D eigenvalue weighted by Gasteiger charge is -2.44. The molecule has 0 aromatic heterocycles. The van der Waals surface area contributed by atoms with Crippen molar-refractivity contribution >= 4 is 5.78 Å². The van der Waals surface area contributed by atoms with Gasteiger partial charge in [0.05, 0.1) is 0 Å². The number of carbonyl (C=O) groups is 1. The molecule has 0 aliphatic heterocycles. The van der Waals surface area contributed by atoms with Crippen LogP contribution in [0.25, 0.3) is 0 Å². The van der Waals surface area contributed by atoms with Gasteiger partial charge in [0.1, 0.15) is 6.10 Å². The van der Waals surface area contributed by atoms with Crippen molar-refractivity contribution in [3.05, 3.63) is 46.0 Å². The second-order valence-corrected chi connectivity index (χ2v) is 5.81. The SMILES string of the molecule is O=C1[C@H]2CCC[C@]1([N+](=O)[O-])C(O)C[C@H]2c1ccccc1. The smallest absolute Gasteiger partial charge is 0.304 e. The van der Waals surface area contributed by atoms with Gasteiger partial charge in [0.2, 0.25) is 5.78 Å². The third-order valence-electron chi connectivity index (χ3n) is 4.90. The van der Waals surface area contributed by atoms with Gasteiger partial charge in [0.15, 0.2) is 0 Å². The van der Waals surface area contributed by atoms with E-state index < -0.39 is 16.6 Å². The van der Waals surface area contributed by atoms with Crippen LogP contribution in [0.3, 0.4) is 0 Å². The summed E-state index contributed by atoms with van der Waals surface area (Å²) in [6, 6.07) is 9.54. The molecule has 2 bridgehead atoms. The third kappa shape index (κ3) is 1.69. The molecule has 1 unspecified atom stereocenters. The van der Waals surface area contributed by atoms with Gasteiger partial charge in [-0.05, 0) is 30.7 Å². The maximum atomic E-state index is 12.6. The number of nitrogens with zero attached hydrogens (tertiary/aromatic N) is 1. The van der Waals surface area contributed by atoms with Crippen LogP contribution in [-0.4, -0.2) is 27.5 Å². The molecule has 5 heteroatoms. The van der Waals surface area contributed by atoms with E-state index >= 15 is 0 Å². The lowest BCUT2D eigenvalue weighted by molar-refractivity contribution is -0.570. The Morgan fingerprint density at radius 2 is 1.95 bits per heavy atom. The summed E-state index contributed by atoms with van der Waals surface area (Å²) in [4.78, 5) is 23.4. The molecular formula is C15H17NO4. The Bertz CT molecular complexity index is 544. The van der Waals surface area contributed by atoms with Crippen LogP contribution in [0.1, 0.15) is 37.2 Å². The largest absolute Gasteiger partial charge is 0.385 e. The number of aliphatic hydroxyl groups is 1. The maximum absolute atomic E-state index is 12.6. The summed E-state index contributed by atoms with van der Waals surface area (Å²) in [5, 5.41) is 21.7. The average molecular weight is 275 g/mol. The van der Waals surface area contributed by atoms with Gasteiger partial charge in [0, 0.05) is 17.3 Å². The molecule has 5 nitrogen and oxygen atoms in total. The van der Waals surface area contributed by atoms with Gasteiger partial charge in [0.25, 0.3) is 0 Å². The highest BCUT2D eigenvalue weighted by Gasteiger charge is 2.64. The molecule has 0 spiro atoms. The Balaban J connectivity index is 2.01. The number of benzene rings is 1. The highest BCUT2D eigenvalue weighted by molar-refractivity contribution is 5.92. The van der Waals surface area contributed by atoms with Crippen LogP contribution >= 0.6 is 0 Å². The van der Waals surface area contributed by atoms with Gasteiger partial charge in [-0.3, -0.25) is 14.9 Å². The standard InChI is InChI=1S/C15H17NO4/c17-13-9-12(10-5-2-1-3-6-10)11-7-4-8-15(13,14(11)18)16(19)20/h1-3,5-6,11-13,17H,4,7-9H2/t11-,12-,13?,15-/m0/s1. The Hall–Kier alpha value is -1.75. The normalized spacial score (nSPS) is 36.6. The van der Waals surface area contributed by atoms with E-state index in [4.69, 9.17) is 0 Å². The Kier molecular flexibility index (Phi) is 3.09. The molecular weight excluding hydrogens is 258 g/mol. The minimum absolute atomic E-state index is 0.105. The van der Waals surface area contributed by atoms with E-state index in [-0.39, 0.29) is 24.0 Å². The molecule has 1 aromatic carbocycles. The molecule has 4 atom stereocenters. The van der Waals surface area contributed by atoms with Crippen LogP contribution < -0.4 is 0 Å². The highest BCUT2D eigenvalue weighted by atomic mass is 16.6. The molecule has 2 aliphatic rings. The van der Waals surface area contributed by atoms with Crippen LogP contribution in [0, 0.1) is 16.0 Å². The fourth-order valence-electron chi connectivity index (χ4n) is 3.85. The molecule has 3 rings (SSSR count). The Morgan fingerprint density at radius 3 is 2.60 bits per heavy atom. The molecule has 2 saturated carbocycles. The van der Waals surface area contributed by atoms with Gasteiger partial charge in [-0.1, -0.05) is 30.3 Å². The highest BCUT2D eigenvalue weighted by Crippen LogP contribution is 2.48.